The van der Waals surface area contributed by atoms with E-state index < -0.39 is 35.4 Å². The van der Waals surface area contributed by atoms with Gasteiger partial charge in [0, 0.05) is 11.3 Å². The number of methoxy groups -OCH3 is 1. The van der Waals surface area contributed by atoms with Gasteiger partial charge in [-0.05, 0) is 41.0 Å². The summed E-state index contributed by atoms with van der Waals surface area (Å²) in [5, 5.41) is 2.29. The van der Waals surface area contributed by atoms with Gasteiger partial charge in [-0.15, -0.1) is 11.8 Å². The van der Waals surface area contributed by atoms with E-state index in [4.69, 9.17) is 18.9 Å². The predicted octanol–water partition coefficient (Wildman–Crippen LogP) is 4.85. The van der Waals surface area contributed by atoms with Crippen molar-refractivity contribution in [3.63, 3.8) is 0 Å². The Morgan fingerprint density at radius 3 is 2.04 bits per heavy atom. The van der Waals surface area contributed by atoms with Crippen molar-refractivity contribution in [2.75, 3.05) is 26.1 Å². The summed E-state index contributed by atoms with van der Waals surface area (Å²) in [6, 6.07) is 33.7. The molecule has 1 unspecified atom stereocenters. The summed E-state index contributed by atoms with van der Waals surface area (Å²) in [6.45, 7) is -0.622. The van der Waals surface area contributed by atoms with E-state index >= 15 is 0 Å². The maximum Gasteiger partial charge on any atom is 0.356 e. The Bertz CT molecular complexity index is 1780. The Morgan fingerprint density at radius 1 is 0.837 bits per heavy atom. The fourth-order valence-corrected chi connectivity index (χ4v) is 6.89. The summed E-state index contributed by atoms with van der Waals surface area (Å²) in [4.78, 5) is 54.7. The van der Waals surface area contributed by atoms with E-state index in [0.29, 0.717) is 17.1 Å². The van der Waals surface area contributed by atoms with E-state index in [1.807, 2.05) is 91.0 Å². The topological polar surface area (TPSA) is 120 Å². The second kappa shape index (κ2) is 15.6. The van der Waals surface area contributed by atoms with Crippen LogP contribution in [0.2, 0.25) is 0 Å². The molecule has 2 heterocycles. The van der Waals surface area contributed by atoms with Crippen molar-refractivity contribution in [2.45, 2.75) is 23.9 Å². The number of esters is 2. The number of nitrogens with zero attached hydrogens (tertiary/aromatic N) is 1. The van der Waals surface area contributed by atoms with Crippen molar-refractivity contribution in [3.8, 4) is 11.5 Å². The maximum absolute atomic E-state index is 14.1. The molecule has 0 bridgehead atoms. The molecule has 0 aliphatic carbocycles. The summed E-state index contributed by atoms with van der Waals surface area (Å²) < 4.78 is 22.4. The molecule has 1 saturated heterocycles. The summed E-state index contributed by atoms with van der Waals surface area (Å²) in [5.41, 5.74) is 2.72. The van der Waals surface area contributed by atoms with Gasteiger partial charge in [0.1, 0.15) is 35.2 Å². The van der Waals surface area contributed by atoms with E-state index in [9.17, 15) is 19.2 Å². The molecule has 2 aliphatic heterocycles. The van der Waals surface area contributed by atoms with Gasteiger partial charge < -0.3 is 24.3 Å². The number of hydrogen-bond donors (Lipinski definition) is 1. The lowest BCUT2D eigenvalue weighted by molar-refractivity contribution is -0.155. The van der Waals surface area contributed by atoms with Crippen molar-refractivity contribution in [1.82, 2.24) is 10.2 Å². The second-order valence-corrected chi connectivity index (χ2v) is 12.4. The molecule has 2 aliphatic rings. The minimum Gasteiger partial charge on any atom is -0.497 e. The van der Waals surface area contributed by atoms with Crippen LogP contribution >= 0.6 is 11.8 Å². The van der Waals surface area contributed by atoms with Gasteiger partial charge in [0.05, 0.1) is 13.5 Å². The molecule has 250 valence electrons. The Hall–Kier alpha value is -5.55. The first-order valence-electron chi connectivity index (χ1n) is 15.6. The van der Waals surface area contributed by atoms with Crippen LogP contribution < -0.4 is 14.8 Å². The largest absolute Gasteiger partial charge is 0.497 e. The summed E-state index contributed by atoms with van der Waals surface area (Å²) in [6.07, 6.45) is -0.655. The van der Waals surface area contributed by atoms with Crippen LogP contribution in [0.5, 0.6) is 11.5 Å². The van der Waals surface area contributed by atoms with E-state index in [1.54, 1.807) is 31.4 Å². The number of nitrogens with one attached hydrogen (secondary N) is 1. The minimum absolute atomic E-state index is 0.00282. The molecule has 1 fully saturated rings. The Morgan fingerprint density at radius 2 is 1.43 bits per heavy atom. The molecule has 0 aromatic heterocycles. The zero-order chi connectivity index (χ0) is 34.2. The first-order valence-corrected chi connectivity index (χ1v) is 16.7. The molecule has 0 saturated carbocycles. The molecule has 4 aromatic rings. The lowest BCUT2D eigenvalue weighted by Crippen LogP contribution is -2.70. The second-order valence-electron chi connectivity index (χ2n) is 11.3. The number of benzene rings is 4. The number of rotatable bonds is 13. The van der Waals surface area contributed by atoms with Gasteiger partial charge in [0.2, 0.25) is 5.91 Å². The lowest BCUT2D eigenvalue weighted by Gasteiger charge is -2.49. The van der Waals surface area contributed by atoms with Crippen molar-refractivity contribution in [3.05, 3.63) is 143 Å². The van der Waals surface area contributed by atoms with Gasteiger partial charge in [0.15, 0.2) is 12.7 Å². The Labute approximate surface area is 288 Å². The summed E-state index contributed by atoms with van der Waals surface area (Å²) in [7, 11) is 1.55. The molecule has 2 atom stereocenters. The van der Waals surface area contributed by atoms with E-state index in [2.05, 4.69) is 5.32 Å². The molecule has 6 rings (SSSR count). The minimum atomic E-state index is -0.829. The molecule has 1 N–H and O–H groups in total. The van der Waals surface area contributed by atoms with Crippen LogP contribution in [-0.2, 0) is 35.1 Å². The predicted molar refractivity (Wildman–Crippen MR) is 182 cm³/mol. The van der Waals surface area contributed by atoms with Crippen molar-refractivity contribution in [2.24, 2.45) is 0 Å². The molecular weight excluding hydrogens is 644 g/mol. The van der Waals surface area contributed by atoms with Crippen LogP contribution in [0.15, 0.2) is 127 Å². The van der Waals surface area contributed by atoms with Crippen LogP contribution in [0.25, 0.3) is 0 Å². The zero-order valence-electron chi connectivity index (χ0n) is 26.7. The fraction of sp³-hybridized carbons (Fsp3) is 0.211. The number of carbonyl (C=O) groups excluding carboxylic acids is 4. The molecular formula is C38H34N2O8S. The fourth-order valence-electron chi connectivity index (χ4n) is 5.56. The zero-order valence-corrected chi connectivity index (χ0v) is 27.5. The number of ether oxygens (including phenoxy) is 4. The first kappa shape index (κ1) is 33.4. The van der Waals surface area contributed by atoms with Gasteiger partial charge in [0.25, 0.3) is 5.91 Å². The van der Waals surface area contributed by atoms with Crippen LogP contribution in [0.4, 0.5) is 0 Å². The highest BCUT2D eigenvalue weighted by atomic mass is 32.2. The van der Waals surface area contributed by atoms with E-state index in [1.165, 1.54) is 16.7 Å². The van der Waals surface area contributed by atoms with Gasteiger partial charge in [-0.25, -0.2) is 9.59 Å². The van der Waals surface area contributed by atoms with Crippen LogP contribution in [0.1, 0.15) is 22.8 Å². The molecule has 0 radical (unpaired) electrons. The molecule has 11 heteroatoms. The first-order chi connectivity index (χ1) is 23.9. The standard InChI is InChI=1S/C38H34N2O8S/c1-45-29-17-19-30(20-18-29)46-23-32(42)47-22-28-24-49-37-33(39-31(41)21-25-11-5-2-6-12-25)36(43)40(37)34(28)38(44)48-35(26-13-7-3-8-14-26)27-15-9-4-10-16-27/h2-20,33,35,37H,21-24H2,1H3,(H,39,41)/t33?,37-/m1/s1. The number of β-lactam (4-membered cyclic amide) rings is 1. The van der Waals surface area contributed by atoms with Crippen LogP contribution in [0, 0.1) is 0 Å². The smallest absolute Gasteiger partial charge is 0.356 e. The number of amides is 2. The van der Waals surface area contributed by atoms with Crippen LogP contribution in [0.3, 0.4) is 0 Å². The van der Waals surface area contributed by atoms with Crippen molar-refractivity contribution >= 4 is 35.5 Å². The van der Waals surface area contributed by atoms with E-state index in [-0.39, 0.29) is 37.0 Å². The maximum atomic E-state index is 14.1. The quantitative estimate of drug-likeness (QED) is 0.156. The number of hydrogen-bond acceptors (Lipinski definition) is 9. The third-order valence-corrected chi connectivity index (χ3v) is 9.36. The van der Waals surface area contributed by atoms with E-state index in [0.717, 1.165) is 16.7 Å². The van der Waals surface area contributed by atoms with Crippen molar-refractivity contribution < 1.29 is 38.1 Å². The monoisotopic (exact) mass is 678 g/mol. The number of carbonyl (C=O) groups is 4. The van der Waals surface area contributed by atoms with Gasteiger partial charge >= 0.3 is 11.9 Å². The highest BCUT2D eigenvalue weighted by Crippen LogP contribution is 2.41. The summed E-state index contributed by atoms with van der Waals surface area (Å²) in [5.74, 6) is -0.790. The number of fused-ring (bicyclic) bond motifs is 1. The Kier molecular flexibility index (Phi) is 10.6. The van der Waals surface area contributed by atoms with Crippen LogP contribution in [-0.4, -0.2) is 66.1 Å². The lowest BCUT2D eigenvalue weighted by atomic mass is 10.0. The molecule has 4 aromatic carbocycles. The third kappa shape index (κ3) is 7.95. The van der Waals surface area contributed by atoms with Gasteiger partial charge in [-0.1, -0.05) is 91.0 Å². The normalized spacial score (nSPS) is 16.7. The van der Waals surface area contributed by atoms with Crippen molar-refractivity contribution in [1.29, 1.82) is 0 Å². The Balaban J connectivity index is 1.21. The third-order valence-electron chi connectivity index (χ3n) is 8.02. The molecule has 49 heavy (non-hydrogen) atoms. The van der Waals surface area contributed by atoms with Gasteiger partial charge in [-0.2, -0.15) is 0 Å². The molecule has 0 spiro atoms. The molecule has 2 amide bonds. The average molecular weight is 679 g/mol. The summed E-state index contributed by atoms with van der Waals surface area (Å²) >= 11 is 1.37. The SMILES string of the molecule is COc1ccc(OCC(=O)OCC2=C(C(=O)OC(c3ccccc3)c3ccccc3)N3C(=O)C(NC(=O)Cc4ccccc4)[C@H]3SC2)cc1. The molecule has 10 nitrogen and oxygen atoms in total. The highest BCUT2D eigenvalue weighted by molar-refractivity contribution is 8.00. The van der Waals surface area contributed by atoms with Gasteiger partial charge in [-0.3, -0.25) is 14.5 Å². The number of thioether (sulfide) groups is 1. The average Bonchev–Trinajstić information content (AvgIpc) is 3.15. The highest BCUT2D eigenvalue weighted by Gasteiger charge is 2.54.